The minimum Gasteiger partial charge on any atom is -0.266 e. The molecule has 0 atom stereocenters. The van der Waals surface area contributed by atoms with Crippen LogP contribution in [0.1, 0.15) is 11.3 Å². The van der Waals surface area contributed by atoms with Crippen LogP contribution in [-0.2, 0) is 6.54 Å². The Morgan fingerprint density at radius 1 is 1.36 bits per heavy atom. The number of aromatic nitrogens is 3. The van der Waals surface area contributed by atoms with Gasteiger partial charge in [-0.25, -0.2) is 9.90 Å². The Morgan fingerprint density at radius 2 is 2.07 bits per heavy atom. The second-order valence-corrected chi connectivity index (χ2v) is 3.17. The van der Waals surface area contributed by atoms with E-state index in [0.29, 0.717) is 12.2 Å². The molecule has 72 valence electrons. The first kappa shape index (κ1) is 8.74. The van der Waals surface area contributed by atoms with E-state index >= 15 is 0 Å². The summed E-state index contributed by atoms with van der Waals surface area (Å²) >= 11 is 0. The van der Waals surface area contributed by atoms with Gasteiger partial charge in [0, 0.05) is 0 Å². The molecule has 0 aliphatic rings. The number of aryl methyl sites for hydroxylation is 1. The fourth-order valence-corrected chi connectivity index (χ4v) is 1.28. The van der Waals surface area contributed by atoms with Crippen molar-refractivity contribution >= 4 is 0 Å². The maximum absolute atomic E-state index is 11.1. The Balaban J connectivity index is 2.23. The third-order valence-corrected chi connectivity index (χ3v) is 2.01. The lowest BCUT2D eigenvalue weighted by Crippen LogP contribution is -2.07. The summed E-state index contributed by atoms with van der Waals surface area (Å²) in [7, 11) is 0. The van der Waals surface area contributed by atoms with E-state index in [1.165, 1.54) is 0 Å². The number of nitrogens with zero attached hydrogens (tertiary/aromatic N) is 2. The van der Waals surface area contributed by atoms with Crippen molar-refractivity contribution in [2.24, 2.45) is 0 Å². The monoisotopic (exact) mass is 189 g/mol. The van der Waals surface area contributed by atoms with Crippen LogP contribution in [0.2, 0.25) is 0 Å². The van der Waals surface area contributed by atoms with E-state index in [4.69, 9.17) is 0 Å². The molecule has 14 heavy (non-hydrogen) atoms. The molecule has 4 nitrogen and oxygen atoms in total. The van der Waals surface area contributed by atoms with Crippen LogP contribution in [0.3, 0.4) is 0 Å². The van der Waals surface area contributed by atoms with E-state index in [0.717, 1.165) is 5.56 Å². The van der Waals surface area contributed by atoms with Crippen LogP contribution in [0.25, 0.3) is 0 Å². The van der Waals surface area contributed by atoms with Gasteiger partial charge in [-0.05, 0) is 12.5 Å². The van der Waals surface area contributed by atoms with Gasteiger partial charge in [-0.2, -0.15) is 5.10 Å². The van der Waals surface area contributed by atoms with Crippen molar-refractivity contribution in [2.75, 3.05) is 0 Å². The van der Waals surface area contributed by atoms with Crippen molar-refractivity contribution < 1.29 is 0 Å². The van der Waals surface area contributed by atoms with E-state index in [2.05, 4.69) is 10.2 Å². The highest BCUT2D eigenvalue weighted by Gasteiger charge is 2.00. The highest BCUT2D eigenvalue weighted by molar-refractivity contribution is 5.14. The van der Waals surface area contributed by atoms with Gasteiger partial charge < -0.3 is 0 Å². The first-order valence-electron chi connectivity index (χ1n) is 4.43. The normalized spacial score (nSPS) is 10.4. The highest BCUT2D eigenvalue weighted by Crippen LogP contribution is 1.99. The summed E-state index contributed by atoms with van der Waals surface area (Å²) in [6.07, 6.45) is 0. The zero-order valence-corrected chi connectivity index (χ0v) is 7.90. The van der Waals surface area contributed by atoms with E-state index < -0.39 is 0 Å². The van der Waals surface area contributed by atoms with Crippen LogP contribution in [-0.4, -0.2) is 15.0 Å². The molecule has 0 bridgehead atoms. The summed E-state index contributed by atoms with van der Waals surface area (Å²) in [5.41, 5.74) is 1.49. The summed E-state index contributed by atoms with van der Waals surface area (Å²) < 4.78 is 0. The second-order valence-electron chi connectivity index (χ2n) is 3.17. The SMILES string of the molecule is Cc1nn(Cc2ccccc2)[nH]c1=O. The maximum atomic E-state index is 11.1. The first-order valence-corrected chi connectivity index (χ1v) is 4.43. The number of H-pyrrole nitrogens is 1. The Kier molecular flexibility index (Phi) is 2.18. The topological polar surface area (TPSA) is 50.7 Å². The molecule has 0 saturated carbocycles. The molecular formula is C10H11N3O. The summed E-state index contributed by atoms with van der Waals surface area (Å²) in [6, 6.07) is 9.87. The zero-order valence-electron chi connectivity index (χ0n) is 7.90. The van der Waals surface area contributed by atoms with E-state index in [-0.39, 0.29) is 5.56 Å². The number of nitrogens with one attached hydrogen (secondary N) is 1. The smallest absolute Gasteiger partial charge is 0.266 e. The molecule has 0 amide bonds. The third kappa shape index (κ3) is 1.74. The predicted molar refractivity (Wildman–Crippen MR) is 53.1 cm³/mol. The molecule has 1 heterocycles. The van der Waals surface area contributed by atoms with E-state index in [1.54, 1.807) is 11.7 Å². The molecule has 0 aliphatic heterocycles. The van der Waals surface area contributed by atoms with E-state index in [9.17, 15) is 4.79 Å². The molecule has 4 heteroatoms. The van der Waals surface area contributed by atoms with Crippen LogP contribution < -0.4 is 5.56 Å². The number of hydrogen-bond donors (Lipinski definition) is 1. The molecule has 0 aliphatic carbocycles. The highest BCUT2D eigenvalue weighted by atomic mass is 16.1. The van der Waals surface area contributed by atoms with Gasteiger partial charge in [0.1, 0.15) is 5.69 Å². The average Bonchev–Trinajstić information content (AvgIpc) is 2.47. The van der Waals surface area contributed by atoms with Crippen molar-refractivity contribution in [1.29, 1.82) is 0 Å². The largest absolute Gasteiger partial charge is 0.287 e. The minimum absolute atomic E-state index is 0.124. The quantitative estimate of drug-likeness (QED) is 0.764. The van der Waals surface area contributed by atoms with Gasteiger partial charge in [-0.3, -0.25) is 4.79 Å². The van der Waals surface area contributed by atoms with Gasteiger partial charge in [0.25, 0.3) is 5.56 Å². The van der Waals surface area contributed by atoms with Crippen LogP contribution in [0.5, 0.6) is 0 Å². The van der Waals surface area contributed by atoms with Crippen LogP contribution >= 0.6 is 0 Å². The third-order valence-electron chi connectivity index (χ3n) is 2.01. The van der Waals surface area contributed by atoms with E-state index in [1.807, 2.05) is 30.3 Å². The summed E-state index contributed by atoms with van der Waals surface area (Å²) in [5, 5.41) is 6.70. The van der Waals surface area contributed by atoms with Gasteiger partial charge in [0.15, 0.2) is 0 Å². The van der Waals surface area contributed by atoms with Crippen LogP contribution in [0.15, 0.2) is 35.1 Å². The zero-order chi connectivity index (χ0) is 9.97. The molecule has 0 unspecified atom stereocenters. The predicted octanol–water partition coefficient (Wildman–Crippen LogP) is 0.928. The lowest BCUT2D eigenvalue weighted by Gasteiger charge is -1.99. The van der Waals surface area contributed by atoms with Crippen molar-refractivity contribution in [3.8, 4) is 0 Å². The lowest BCUT2D eigenvalue weighted by molar-refractivity contribution is 0.584. The van der Waals surface area contributed by atoms with Gasteiger partial charge in [0.2, 0.25) is 0 Å². The Morgan fingerprint density at radius 3 is 2.64 bits per heavy atom. The Hall–Kier alpha value is -1.84. The molecule has 0 radical (unpaired) electrons. The fraction of sp³-hybridized carbons (Fsp3) is 0.200. The number of aromatic amines is 1. The molecule has 0 saturated heterocycles. The van der Waals surface area contributed by atoms with Crippen molar-refractivity contribution in [3.63, 3.8) is 0 Å². The summed E-state index contributed by atoms with van der Waals surface area (Å²) in [6.45, 7) is 2.30. The lowest BCUT2D eigenvalue weighted by atomic mass is 10.2. The molecule has 0 fully saturated rings. The Labute approximate surface area is 81.2 Å². The fourth-order valence-electron chi connectivity index (χ4n) is 1.28. The van der Waals surface area contributed by atoms with Gasteiger partial charge in [0.05, 0.1) is 6.54 Å². The number of rotatable bonds is 2. The van der Waals surface area contributed by atoms with Crippen molar-refractivity contribution in [3.05, 3.63) is 51.9 Å². The first-order chi connectivity index (χ1) is 6.75. The van der Waals surface area contributed by atoms with Gasteiger partial charge in [-0.1, -0.05) is 30.3 Å². The number of hydrogen-bond acceptors (Lipinski definition) is 2. The summed E-state index contributed by atoms with van der Waals surface area (Å²) in [5.74, 6) is 0. The Bertz CT molecular complexity index is 470. The number of benzene rings is 1. The van der Waals surface area contributed by atoms with Crippen LogP contribution in [0.4, 0.5) is 0 Å². The standard InChI is InChI=1S/C10H11N3O/c1-8-10(14)12-13(11-8)7-9-5-3-2-4-6-9/h2-6H,7H2,1H3,(H,12,14). The maximum Gasteiger partial charge on any atom is 0.287 e. The van der Waals surface area contributed by atoms with Crippen LogP contribution in [0, 0.1) is 6.92 Å². The molecule has 2 rings (SSSR count). The average molecular weight is 189 g/mol. The molecule has 1 N–H and O–H groups in total. The molecule has 1 aromatic heterocycles. The minimum atomic E-state index is -0.124. The van der Waals surface area contributed by atoms with Crippen molar-refractivity contribution in [1.82, 2.24) is 15.0 Å². The summed E-state index contributed by atoms with van der Waals surface area (Å²) in [4.78, 5) is 12.6. The second kappa shape index (κ2) is 3.49. The van der Waals surface area contributed by atoms with Crippen molar-refractivity contribution in [2.45, 2.75) is 13.5 Å². The molecule has 2 aromatic rings. The van der Waals surface area contributed by atoms with Gasteiger partial charge in [-0.15, -0.1) is 0 Å². The van der Waals surface area contributed by atoms with Gasteiger partial charge >= 0.3 is 0 Å². The molecule has 0 spiro atoms. The molecular weight excluding hydrogens is 178 g/mol. The molecule has 1 aromatic carbocycles.